The lowest BCUT2D eigenvalue weighted by Gasteiger charge is -2.15. The molecule has 0 atom stereocenters. The van der Waals surface area contributed by atoms with Crippen LogP contribution in [0.1, 0.15) is 0 Å². The van der Waals surface area contributed by atoms with Crippen LogP contribution in [0.4, 0.5) is 0 Å². The van der Waals surface area contributed by atoms with Crippen molar-refractivity contribution in [1.29, 1.82) is 0 Å². The predicted octanol–water partition coefficient (Wildman–Crippen LogP) is 10.5. The number of nitrogens with zero attached hydrogens (tertiary/aromatic N) is 4. The summed E-state index contributed by atoms with van der Waals surface area (Å²) >= 11 is 0. The number of fused-ring (bicyclic) bond motifs is 6. The second-order valence-corrected chi connectivity index (χ2v) is 11.4. The van der Waals surface area contributed by atoms with Gasteiger partial charge >= 0.3 is 0 Å². The van der Waals surface area contributed by atoms with Gasteiger partial charge in [-0.3, -0.25) is 4.98 Å². The number of benzene rings is 6. The highest BCUT2D eigenvalue weighted by Gasteiger charge is 2.19. The molecule has 0 unspecified atom stereocenters. The van der Waals surface area contributed by atoms with Crippen LogP contribution >= 0.6 is 0 Å². The Bertz CT molecular complexity index is 2500. The van der Waals surface area contributed by atoms with Gasteiger partial charge in [-0.15, -0.1) is 0 Å². The first kappa shape index (κ1) is 26.2. The smallest absolute Gasteiger partial charge is 0.160 e. The molecule has 214 valence electrons. The van der Waals surface area contributed by atoms with Gasteiger partial charge in [0.05, 0.1) is 28.3 Å². The molecule has 9 rings (SSSR count). The molecular weight excluding hydrogens is 560 g/mol. The van der Waals surface area contributed by atoms with Gasteiger partial charge in [0.25, 0.3) is 0 Å². The van der Waals surface area contributed by atoms with Crippen LogP contribution in [0.2, 0.25) is 0 Å². The topological polar surface area (TPSA) is 51.6 Å². The average Bonchev–Trinajstić information content (AvgIpc) is 3.14. The maximum Gasteiger partial charge on any atom is 0.160 e. The Morgan fingerprint density at radius 3 is 1.83 bits per heavy atom. The van der Waals surface area contributed by atoms with Crippen molar-refractivity contribution in [3.8, 4) is 45.3 Å². The van der Waals surface area contributed by atoms with Crippen molar-refractivity contribution in [2.45, 2.75) is 0 Å². The predicted molar refractivity (Wildman–Crippen MR) is 189 cm³/mol. The molecule has 0 bridgehead atoms. The summed E-state index contributed by atoms with van der Waals surface area (Å²) in [5.41, 5.74) is 7.31. The minimum absolute atomic E-state index is 0.668. The van der Waals surface area contributed by atoms with Crippen LogP contribution in [0, 0.1) is 0 Å². The molecule has 0 fully saturated rings. The van der Waals surface area contributed by atoms with E-state index >= 15 is 0 Å². The Balaban J connectivity index is 1.31. The molecule has 0 saturated carbocycles. The molecular formula is C42H26N4. The van der Waals surface area contributed by atoms with E-state index in [0.29, 0.717) is 5.82 Å². The monoisotopic (exact) mass is 586 g/mol. The summed E-state index contributed by atoms with van der Waals surface area (Å²) in [6.07, 6.45) is 1.97. The minimum atomic E-state index is 0.668. The lowest BCUT2D eigenvalue weighted by molar-refractivity contribution is 1.17. The van der Waals surface area contributed by atoms with Gasteiger partial charge in [0, 0.05) is 44.4 Å². The molecule has 0 aliphatic heterocycles. The van der Waals surface area contributed by atoms with Crippen LogP contribution in [0.15, 0.2) is 158 Å². The Labute approximate surface area is 265 Å². The summed E-state index contributed by atoms with van der Waals surface area (Å²) in [7, 11) is 0. The second-order valence-electron chi connectivity index (χ2n) is 11.4. The van der Waals surface area contributed by atoms with E-state index in [1.54, 1.807) is 0 Å². The Morgan fingerprint density at radius 2 is 1.02 bits per heavy atom. The fourth-order valence-electron chi connectivity index (χ4n) is 6.55. The van der Waals surface area contributed by atoms with E-state index in [1.165, 1.54) is 16.2 Å². The maximum atomic E-state index is 5.27. The summed E-state index contributed by atoms with van der Waals surface area (Å²) < 4.78 is 0. The molecule has 0 spiro atoms. The highest BCUT2D eigenvalue weighted by Crippen LogP contribution is 2.40. The molecule has 0 saturated heterocycles. The summed E-state index contributed by atoms with van der Waals surface area (Å²) in [4.78, 5) is 20.5. The lowest BCUT2D eigenvalue weighted by Crippen LogP contribution is -1.99. The summed E-state index contributed by atoms with van der Waals surface area (Å²) in [6.45, 7) is 0. The van der Waals surface area contributed by atoms with Gasteiger partial charge in [-0.05, 0) is 28.3 Å². The zero-order valence-electron chi connectivity index (χ0n) is 24.8. The molecule has 4 heteroatoms. The van der Waals surface area contributed by atoms with Gasteiger partial charge in [-0.25, -0.2) is 15.0 Å². The average molecular weight is 587 g/mol. The standard InChI is InChI=1S/C42H26N4/c1-3-14-28(15-4-1)37-25-38(46-42(45-37)29-16-5-2-6-17-29)41-32-20-10-9-19-31(32)35(26-43-41)40-34-24-23-27-13-7-8-18-30(27)39(34)33-21-11-12-22-36(33)44-40/h1-26H. The first-order valence-electron chi connectivity index (χ1n) is 15.4. The normalized spacial score (nSPS) is 11.5. The van der Waals surface area contributed by atoms with E-state index in [0.717, 1.165) is 66.5 Å². The molecule has 3 heterocycles. The third-order valence-corrected chi connectivity index (χ3v) is 8.71. The van der Waals surface area contributed by atoms with E-state index in [-0.39, 0.29) is 0 Å². The van der Waals surface area contributed by atoms with Crippen LogP contribution in [0.3, 0.4) is 0 Å². The fraction of sp³-hybridized carbons (Fsp3) is 0. The van der Waals surface area contributed by atoms with Crippen molar-refractivity contribution in [2.75, 3.05) is 0 Å². The quantitative estimate of drug-likeness (QED) is 0.193. The first-order valence-corrected chi connectivity index (χ1v) is 15.4. The molecule has 46 heavy (non-hydrogen) atoms. The Morgan fingerprint density at radius 1 is 0.391 bits per heavy atom. The number of rotatable bonds is 4. The lowest BCUT2D eigenvalue weighted by atomic mass is 9.93. The van der Waals surface area contributed by atoms with Crippen LogP contribution < -0.4 is 0 Å². The van der Waals surface area contributed by atoms with Crippen molar-refractivity contribution in [3.63, 3.8) is 0 Å². The highest BCUT2D eigenvalue weighted by molar-refractivity contribution is 6.23. The van der Waals surface area contributed by atoms with E-state index in [9.17, 15) is 0 Å². The number of hydrogen-bond acceptors (Lipinski definition) is 4. The molecule has 4 nitrogen and oxygen atoms in total. The van der Waals surface area contributed by atoms with E-state index in [1.807, 2.05) is 60.8 Å². The van der Waals surface area contributed by atoms with Gasteiger partial charge in [0.15, 0.2) is 5.82 Å². The van der Waals surface area contributed by atoms with Crippen LogP contribution in [0.25, 0.3) is 88.5 Å². The van der Waals surface area contributed by atoms with E-state index < -0.39 is 0 Å². The molecule has 6 aromatic carbocycles. The van der Waals surface area contributed by atoms with E-state index in [2.05, 4.69) is 97.1 Å². The van der Waals surface area contributed by atoms with Crippen molar-refractivity contribution in [3.05, 3.63) is 158 Å². The summed E-state index contributed by atoms with van der Waals surface area (Å²) in [5, 5.41) is 7.99. The highest BCUT2D eigenvalue weighted by atomic mass is 14.9. The largest absolute Gasteiger partial charge is 0.253 e. The minimum Gasteiger partial charge on any atom is -0.253 e. The second kappa shape index (κ2) is 10.7. The van der Waals surface area contributed by atoms with Gasteiger partial charge in [0.2, 0.25) is 0 Å². The van der Waals surface area contributed by atoms with Crippen LogP contribution in [0.5, 0.6) is 0 Å². The third-order valence-electron chi connectivity index (χ3n) is 8.71. The molecule has 0 N–H and O–H groups in total. The van der Waals surface area contributed by atoms with Gasteiger partial charge in [-0.2, -0.15) is 0 Å². The van der Waals surface area contributed by atoms with Crippen molar-refractivity contribution >= 4 is 43.2 Å². The van der Waals surface area contributed by atoms with Crippen molar-refractivity contribution in [1.82, 2.24) is 19.9 Å². The third kappa shape index (κ3) is 4.31. The number of para-hydroxylation sites is 1. The molecule has 9 aromatic rings. The Kier molecular flexibility index (Phi) is 6.10. The van der Waals surface area contributed by atoms with E-state index in [4.69, 9.17) is 19.9 Å². The number of hydrogen-bond donors (Lipinski definition) is 0. The maximum absolute atomic E-state index is 5.27. The number of aromatic nitrogens is 4. The van der Waals surface area contributed by atoms with Crippen molar-refractivity contribution < 1.29 is 0 Å². The first-order chi connectivity index (χ1) is 22.8. The van der Waals surface area contributed by atoms with Gasteiger partial charge in [-0.1, -0.05) is 140 Å². The summed E-state index contributed by atoms with van der Waals surface area (Å²) in [6, 6.07) is 52.2. The van der Waals surface area contributed by atoms with Crippen LogP contribution in [-0.2, 0) is 0 Å². The van der Waals surface area contributed by atoms with Gasteiger partial charge in [0.1, 0.15) is 0 Å². The molecule has 0 aliphatic carbocycles. The Hall–Kier alpha value is -6.26. The SMILES string of the molecule is c1ccc(-c2cc(-c3ncc(-c4nc5ccccc5c5c4ccc4ccccc45)c4ccccc34)nc(-c3ccccc3)n2)cc1. The summed E-state index contributed by atoms with van der Waals surface area (Å²) in [5.74, 6) is 0.668. The van der Waals surface area contributed by atoms with Crippen LogP contribution in [-0.4, -0.2) is 19.9 Å². The molecule has 0 aliphatic rings. The zero-order chi connectivity index (χ0) is 30.5. The zero-order valence-corrected chi connectivity index (χ0v) is 24.8. The fourth-order valence-corrected chi connectivity index (χ4v) is 6.55. The van der Waals surface area contributed by atoms with Gasteiger partial charge < -0.3 is 0 Å². The molecule has 3 aromatic heterocycles. The van der Waals surface area contributed by atoms with Crippen molar-refractivity contribution in [2.24, 2.45) is 0 Å². The molecule has 0 amide bonds. The molecule has 0 radical (unpaired) electrons. The number of pyridine rings is 2.